The molecule has 108 valence electrons. The highest BCUT2D eigenvalue weighted by atomic mass is 16.5. The van der Waals surface area contributed by atoms with Crippen molar-refractivity contribution in [3.63, 3.8) is 0 Å². The number of aryl methyl sites for hydroxylation is 1. The Kier molecular flexibility index (Phi) is 3.91. The van der Waals surface area contributed by atoms with E-state index in [1.165, 1.54) is 11.1 Å². The molecule has 0 aromatic heterocycles. The molecule has 0 aliphatic carbocycles. The summed E-state index contributed by atoms with van der Waals surface area (Å²) in [4.78, 5) is 4.43. The van der Waals surface area contributed by atoms with Crippen molar-refractivity contribution in [3.8, 4) is 16.9 Å². The van der Waals surface area contributed by atoms with Crippen LogP contribution in [0.15, 0.2) is 53.5 Å². The monoisotopic (exact) mass is 280 g/mol. The summed E-state index contributed by atoms with van der Waals surface area (Å²) in [5.74, 6) is 1.84. The van der Waals surface area contributed by atoms with Gasteiger partial charge in [-0.2, -0.15) is 0 Å². The topological polar surface area (TPSA) is 33.6 Å². The van der Waals surface area contributed by atoms with E-state index in [1.807, 2.05) is 25.1 Å². The first-order valence-corrected chi connectivity index (χ1v) is 7.35. The Morgan fingerprint density at radius 2 is 1.76 bits per heavy atom. The van der Waals surface area contributed by atoms with Crippen molar-refractivity contribution in [1.29, 1.82) is 0 Å². The molecule has 3 heteroatoms. The lowest BCUT2D eigenvalue weighted by molar-refractivity contribution is 0.285. The van der Waals surface area contributed by atoms with E-state index in [-0.39, 0.29) is 6.10 Å². The highest BCUT2D eigenvalue weighted by Crippen LogP contribution is 2.32. The fraction of sp³-hybridized carbons (Fsp3) is 0.278. The summed E-state index contributed by atoms with van der Waals surface area (Å²) < 4.78 is 6.15. The normalized spacial score (nSPS) is 15.2. The van der Waals surface area contributed by atoms with E-state index in [9.17, 15) is 0 Å². The van der Waals surface area contributed by atoms with Crippen molar-refractivity contribution < 1.29 is 4.74 Å². The number of nitrogens with zero attached hydrogens (tertiary/aromatic N) is 1. The van der Waals surface area contributed by atoms with E-state index in [2.05, 4.69) is 47.6 Å². The molecule has 1 atom stereocenters. The molecule has 1 aliphatic rings. The smallest absolute Gasteiger partial charge is 0.152 e. The van der Waals surface area contributed by atoms with Crippen LogP contribution in [0.3, 0.4) is 0 Å². The first-order chi connectivity index (χ1) is 10.3. The van der Waals surface area contributed by atoms with Crippen molar-refractivity contribution in [3.05, 3.63) is 54.1 Å². The van der Waals surface area contributed by atoms with Gasteiger partial charge in [0.05, 0.1) is 6.54 Å². The number of nitrogens with one attached hydrogen (secondary N) is 1. The molecule has 21 heavy (non-hydrogen) atoms. The van der Waals surface area contributed by atoms with E-state index in [4.69, 9.17) is 4.74 Å². The van der Waals surface area contributed by atoms with Crippen LogP contribution in [-0.4, -0.2) is 25.0 Å². The molecule has 2 aromatic rings. The molecule has 3 rings (SSSR count). The van der Waals surface area contributed by atoms with Gasteiger partial charge in [-0.25, -0.2) is 0 Å². The maximum absolute atomic E-state index is 6.15. The van der Waals surface area contributed by atoms with Crippen LogP contribution in [0.1, 0.15) is 12.5 Å². The van der Waals surface area contributed by atoms with E-state index < -0.39 is 0 Å². The van der Waals surface area contributed by atoms with Crippen molar-refractivity contribution in [2.24, 2.45) is 4.99 Å². The second-order valence-corrected chi connectivity index (χ2v) is 5.26. The fourth-order valence-electron chi connectivity index (χ4n) is 2.60. The molecule has 3 nitrogen and oxygen atoms in total. The molecule has 0 amide bonds. The van der Waals surface area contributed by atoms with Gasteiger partial charge in [-0.05, 0) is 31.0 Å². The predicted molar refractivity (Wildman–Crippen MR) is 87.0 cm³/mol. The summed E-state index contributed by atoms with van der Waals surface area (Å²) in [6.45, 7) is 5.90. The molecule has 1 unspecified atom stereocenters. The fourth-order valence-corrected chi connectivity index (χ4v) is 2.60. The quantitative estimate of drug-likeness (QED) is 0.931. The first-order valence-electron chi connectivity index (χ1n) is 7.35. The summed E-state index contributed by atoms with van der Waals surface area (Å²) >= 11 is 0. The Morgan fingerprint density at radius 1 is 1.05 bits per heavy atom. The Bertz CT molecular complexity index is 664. The third-order valence-electron chi connectivity index (χ3n) is 3.71. The van der Waals surface area contributed by atoms with Gasteiger partial charge in [0.25, 0.3) is 0 Å². The molecule has 0 saturated heterocycles. The van der Waals surface area contributed by atoms with Crippen LogP contribution in [0.2, 0.25) is 0 Å². The molecule has 1 N–H and O–H groups in total. The lowest BCUT2D eigenvalue weighted by Crippen LogP contribution is -2.33. The third-order valence-corrected chi connectivity index (χ3v) is 3.71. The average Bonchev–Trinajstić information content (AvgIpc) is 3.03. The lowest BCUT2D eigenvalue weighted by atomic mass is 10.00. The predicted octanol–water partition coefficient (Wildman–Crippen LogP) is 3.43. The van der Waals surface area contributed by atoms with Crippen molar-refractivity contribution in [2.75, 3.05) is 13.1 Å². The van der Waals surface area contributed by atoms with E-state index in [0.717, 1.165) is 30.2 Å². The largest absolute Gasteiger partial charge is 0.482 e. The Balaban J connectivity index is 1.91. The van der Waals surface area contributed by atoms with Gasteiger partial charge in [-0.15, -0.1) is 0 Å². The summed E-state index contributed by atoms with van der Waals surface area (Å²) in [6.07, 6.45) is -0.0577. The van der Waals surface area contributed by atoms with Gasteiger partial charge in [0.2, 0.25) is 0 Å². The second-order valence-electron chi connectivity index (χ2n) is 5.26. The summed E-state index contributed by atoms with van der Waals surface area (Å²) in [7, 11) is 0. The minimum absolute atomic E-state index is 0.0577. The molecule has 0 fully saturated rings. The number of para-hydroxylation sites is 1. The first kappa shape index (κ1) is 13.7. The van der Waals surface area contributed by atoms with Gasteiger partial charge in [-0.1, -0.05) is 42.5 Å². The highest BCUT2D eigenvalue weighted by molar-refractivity contribution is 5.88. The molecule has 2 aromatic carbocycles. The van der Waals surface area contributed by atoms with Crippen LogP contribution in [-0.2, 0) is 0 Å². The summed E-state index contributed by atoms with van der Waals surface area (Å²) in [5, 5.41) is 3.27. The van der Waals surface area contributed by atoms with Gasteiger partial charge in [-0.3, -0.25) is 4.99 Å². The number of benzene rings is 2. The van der Waals surface area contributed by atoms with Crippen molar-refractivity contribution >= 4 is 5.84 Å². The van der Waals surface area contributed by atoms with Crippen LogP contribution in [0.4, 0.5) is 0 Å². The highest BCUT2D eigenvalue weighted by Gasteiger charge is 2.17. The van der Waals surface area contributed by atoms with E-state index >= 15 is 0 Å². The molecular formula is C18H20N2O. The molecule has 1 aliphatic heterocycles. The second kappa shape index (κ2) is 6.00. The van der Waals surface area contributed by atoms with E-state index in [0.29, 0.717) is 0 Å². The van der Waals surface area contributed by atoms with Crippen LogP contribution < -0.4 is 10.1 Å². The zero-order chi connectivity index (χ0) is 14.7. The maximum Gasteiger partial charge on any atom is 0.152 e. The molecule has 1 heterocycles. The molecule has 0 spiro atoms. The van der Waals surface area contributed by atoms with Gasteiger partial charge >= 0.3 is 0 Å². The minimum atomic E-state index is -0.0577. The minimum Gasteiger partial charge on any atom is -0.482 e. The molecule has 0 radical (unpaired) electrons. The van der Waals surface area contributed by atoms with Gasteiger partial charge in [0, 0.05) is 12.1 Å². The Hall–Kier alpha value is -2.29. The van der Waals surface area contributed by atoms with Gasteiger partial charge in [0.1, 0.15) is 11.6 Å². The molecule has 0 saturated carbocycles. The standard InChI is InChI=1S/C18H20N2O/c1-13-7-3-4-8-15(13)16-9-5-6-10-17(16)21-14(2)18-19-11-12-20-18/h3-10,14H,11-12H2,1-2H3,(H,19,20). The number of rotatable bonds is 4. The third kappa shape index (κ3) is 2.92. The number of hydrogen-bond acceptors (Lipinski definition) is 3. The Morgan fingerprint density at radius 3 is 2.48 bits per heavy atom. The van der Waals surface area contributed by atoms with Crippen LogP contribution in [0.5, 0.6) is 5.75 Å². The average molecular weight is 280 g/mol. The van der Waals surface area contributed by atoms with E-state index in [1.54, 1.807) is 0 Å². The lowest BCUT2D eigenvalue weighted by Gasteiger charge is -2.18. The summed E-state index contributed by atoms with van der Waals surface area (Å²) in [6, 6.07) is 16.6. The van der Waals surface area contributed by atoms with Crippen LogP contribution in [0.25, 0.3) is 11.1 Å². The zero-order valence-electron chi connectivity index (χ0n) is 12.5. The Labute approximate surface area is 125 Å². The number of amidine groups is 1. The van der Waals surface area contributed by atoms with Crippen LogP contribution >= 0.6 is 0 Å². The SMILES string of the molecule is Cc1ccccc1-c1ccccc1OC(C)C1=NCCN1. The van der Waals surface area contributed by atoms with Crippen molar-refractivity contribution in [1.82, 2.24) is 5.32 Å². The van der Waals surface area contributed by atoms with Crippen LogP contribution in [0, 0.1) is 6.92 Å². The number of aliphatic imine (C=N–C) groups is 1. The number of hydrogen-bond donors (Lipinski definition) is 1. The van der Waals surface area contributed by atoms with Gasteiger partial charge in [0.15, 0.2) is 6.10 Å². The molecule has 0 bridgehead atoms. The van der Waals surface area contributed by atoms with Crippen molar-refractivity contribution in [2.45, 2.75) is 20.0 Å². The van der Waals surface area contributed by atoms with Gasteiger partial charge < -0.3 is 10.1 Å². The molecular weight excluding hydrogens is 260 g/mol. The maximum atomic E-state index is 6.15. The zero-order valence-corrected chi connectivity index (χ0v) is 12.5. The summed E-state index contributed by atoms with van der Waals surface area (Å²) in [5.41, 5.74) is 3.58. The number of ether oxygens (including phenoxy) is 1.